The molecule has 0 atom stereocenters. The summed E-state index contributed by atoms with van der Waals surface area (Å²) in [5, 5.41) is 5.28. The van der Waals surface area contributed by atoms with Gasteiger partial charge in [0, 0.05) is 18.5 Å². The third-order valence-corrected chi connectivity index (χ3v) is 3.90. The fourth-order valence-electron chi connectivity index (χ4n) is 2.73. The minimum Gasteiger partial charge on any atom is -0.461 e. The molecule has 3 rings (SSSR count). The maximum Gasteiger partial charge on any atom is 0.359 e. The molecule has 5 heteroatoms. The van der Waals surface area contributed by atoms with Crippen LogP contribution in [0.15, 0.2) is 54.6 Å². The van der Waals surface area contributed by atoms with Crippen molar-refractivity contribution in [2.45, 2.75) is 26.5 Å². The van der Waals surface area contributed by atoms with E-state index in [4.69, 9.17) is 9.47 Å². The van der Waals surface area contributed by atoms with Crippen LogP contribution >= 0.6 is 0 Å². The lowest BCUT2D eigenvalue weighted by molar-refractivity contribution is 0.0520. The minimum atomic E-state index is -0.377. The van der Waals surface area contributed by atoms with Crippen molar-refractivity contribution in [1.29, 1.82) is 0 Å². The van der Waals surface area contributed by atoms with Crippen LogP contribution in [0.5, 0.6) is 0 Å². The van der Waals surface area contributed by atoms with Crippen LogP contribution in [0.1, 0.15) is 29.4 Å². The second kappa shape index (κ2) is 8.44. The molecule has 1 heterocycles. The highest BCUT2D eigenvalue weighted by Gasteiger charge is 2.17. The Labute approximate surface area is 147 Å². The number of hydrogen-bond acceptors (Lipinski definition) is 4. The van der Waals surface area contributed by atoms with E-state index < -0.39 is 0 Å². The molecule has 25 heavy (non-hydrogen) atoms. The molecule has 0 bridgehead atoms. The Balaban J connectivity index is 1.60. The summed E-state index contributed by atoms with van der Waals surface area (Å²) in [5.74, 6) is -0.377. The van der Waals surface area contributed by atoms with Crippen molar-refractivity contribution in [3.63, 3.8) is 0 Å². The number of rotatable bonds is 8. The molecule has 0 amide bonds. The molecule has 0 unspecified atom stereocenters. The molecule has 0 saturated heterocycles. The van der Waals surface area contributed by atoms with Gasteiger partial charge in [0.2, 0.25) is 0 Å². The van der Waals surface area contributed by atoms with Crippen LogP contribution in [0.2, 0.25) is 0 Å². The van der Waals surface area contributed by atoms with Gasteiger partial charge in [-0.25, -0.2) is 4.79 Å². The van der Waals surface area contributed by atoms with E-state index in [1.54, 1.807) is 6.92 Å². The van der Waals surface area contributed by atoms with Crippen LogP contribution in [0.3, 0.4) is 0 Å². The Kier molecular flexibility index (Phi) is 5.80. The maximum atomic E-state index is 12.1. The smallest absolute Gasteiger partial charge is 0.359 e. The van der Waals surface area contributed by atoms with Gasteiger partial charge in [-0.3, -0.25) is 4.68 Å². The molecule has 3 aromatic rings. The van der Waals surface area contributed by atoms with E-state index in [0.29, 0.717) is 32.1 Å². The Bertz CT molecular complexity index is 827. The number of benzene rings is 2. The van der Waals surface area contributed by atoms with E-state index >= 15 is 0 Å². The summed E-state index contributed by atoms with van der Waals surface area (Å²) in [6, 6.07) is 17.8. The molecular weight excluding hydrogens is 316 g/mol. The van der Waals surface area contributed by atoms with Gasteiger partial charge in [-0.05, 0) is 25.0 Å². The zero-order chi connectivity index (χ0) is 17.5. The lowest BCUT2D eigenvalue weighted by Gasteiger charge is -2.05. The Morgan fingerprint density at radius 1 is 1.08 bits per heavy atom. The first-order valence-electron chi connectivity index (χ1n) is 8.54. The number of nitrogens with zero attached hydrogens (tertiary/aromatic N) is 2. The summed E-state index contributed by atoms with van der Waals surface area (Å²) in [5.41, 5.74) is 2.48. The predicted molar refractivity (Wildman–Crippen MR) is 96.4 cm³/mol. The van der Waals surface area contributed by atoms with Gasteiger partial charge in [0.05, 0.1) is 18.7 Å². The van der Waals surface area contributed by atoms with Gasteiger partial charge in [-0.15, -0.1) is 0 Å². The number of para-hydroxylation sites is 1. The van der Waals surface area contributed by atoms with E-state index in [0.717, 1.165) is 22.9 Å². The zero-order valence-electron chi connectivity index (χ0n) is 14.4. The van der Waals surface area contributed by atoms with E-state index in [2.05, 4.69) is 5.10 Å². The fraction of sp³-hybridized carbons (Fsp3) is 0.300. The summed E-state index contributed by atoms with van der Waals surface area (Å²) >= 11 is 0. The molecular formula is C20H22N2O3. The van der Waals surface area contributed by atoms with Crippen molar-refractivity contribution in [3.8, 4) is 0 Å². The van der Waals surface area contributed by atoms with Crippen LogP contribution < -0.4 is 0 Å². The second-order valence-corrected chi connectivity index (χ2v) is 5.70. The molecule has 0 aliphatic carbocycles. The van der Waals surface area contributed by atoms with Crippen LogP contribution in [0.25, 0.3) is 10.9 Å². The van der Waals surface area contributed by atoms with Crippen LogP contribution in [0, 0.1) is 0 Å². The highest BCUT2D eigenvalue weighted by Crippen LogP contribution is 2.19. The van der Waals surface area contributed by atoms with Crippen molar-refractivity contribution in [1.82, 2.24) is 9.78 Å². The first-order chi connectivity index (χ1) is 12.3. The van der Waals surface area contributed by atoms with Gasteiger partial charge in [0.1, 0.15) is 0 Å². The quantitative estimate of drug-likeness (QED) is 0.463. The van der Waals surface area contributed by atoms with Crippen LogP contribution in [-0.2, 0) is 22.6 Å². The topological polar surface area (TPSA) is 53.3 Å². The lowest BCUT2D eigenvalue weighted by atomic mass is 10.2. The summed E-state index contributed by atoms with van der Waals surface area (Å²) < 4.78 is 12.7. The highest BCUT2D eigenvalue weighted by atomic mass is 16.5. The molecule has 5 nitrogen and oxygen atoms in total. The third-order valence-electron chi connectivity index (χ3n) is 3.90. The number of fused-ring (bicyclic) bond motifs is 1. The van der Waals surface area contributed by atoms with E-state index in [1.165, 1.54) is 0 Å². The lowest BCUT2D eigenvalue weighted by Crippen LogP contribution is -2.08. The predicted octanol–water partition coefficient (Wildman–Crippen LogP) is 3.82. The van der Waals surface area contributed by atoms with Crippen molar-refractivity contribution >= 4 is 16.9 Å². The maximum absolute atomic E-state index is 12.1. The summed E-state index contributed by atoms with van der Waals surface area (Å²) in [4.78, 5) is 12.1. The minimum absolute atomic E-state index is 0.341. The van der Waals surface area contributed by atoms with Crippen molar-refractivity contribution < 1.29 is 14.3 Å². The van der Waals surface area contributed by atoms with Gasteiger partial charge in [-0.1, -0.05) is 48.5 Å². The van der Waals surface area contributed by atoms with Gasteiger partial charge < -0.3 is 9.47 Å². The fourth-order valence-corrected chi connectivity index (χ4v) is 2.73. The summed E-state index contributed by atoms with van der Waals surface area (Å²) in [7, 11) is 0. The normalized spacial score (nSPS) is 10.9. The third kappa shape index (κ3) is 4.25. The Hall–Kier alpha value is -2.66. The van der Waals surface area contributed by atoms with Gasteiger partial charge in [0.15, 0.2) is 5.69 Å². The molecule has 0 aliphatic heterocycles. The first-order valence-corrected chi connectivity index (χ1v) is 8.54. The highest BCUT2D eigenvalue weighted by molar-refractivity contribution is 6.02. The number of hydrogen-bond donors (Lipinski definition) is 0. The number of aromatic nitrogens is 2. The van der Waals surface area contributed by atoms with Gasteiger partial charge >= 0.3 is 5.97 Å². The average Bonchev–Trinajstić information content (AvgIpc) is 3.02. The van der Waals surface area contributed by atoms with Gasteiger partial charge in [0.25, 0.3) is 0 Å². The number of aryl methyl sites for hydroxylation is 1. The molecule has 0 saturated carbocycles. The molecule has 2 aromatic carbocycles. The standard InChI is InChI=1S/C20H22N2O3/c1-2-25-20(23)19-17-11-6-7-12-18(17)22(21-19)13-8-14-24-15-16-9-4-3-5-10-16/h3-7,9-12H,2,8,13-15H2,1H3. The molecule has 1 aromatic heterocycles. The molecule has 0 aliphatic rings. The largest absolute Gasteiger partial charge is 0.461 e. The molecule has 0 spiro atoms. The van der Waals surface area contributed by atoms with E-state index in [9.17, 15) is 4.79 Å². The average molecular weight is 338 g/mol. The Morgan fingerprint density at radius 2 is 1.84 bits per heavy atom. The van der Waals surface area contributed by atoms with E-state index in [1.807, 2.05) is 59.3 Å². The van der Waals surface area contributed by atoms with Gasteiger partial charge in [-0.2, -0.15) is 5.10 Å². The molecule has 130 valence electrons. The number of ether oxygens (including phenoxy) is 2. The van der Waals surface area contributed by atoms with E-state index in [-0.39, 0.29) is 5.97 Å². The number of esters is 1. The summed E-state index contributed by atoms with van der Waals surface area (Å²) in [6.45, 7) is 4.07. The second-order valence-electron chi connectivity index (χ2n) is 5.70. The van der Waals surface area contributed by atoms with Crippen molar-refractivity contribution in [3.05, 3.63) is 65.9 Å². The number of carbonyl (C=O) groups excluding carboxylic acids is 1. The molecule has 0 fully saturated rings. The van der Waals surface area contributed by atoms with Crippen LogP contribution in [0.4, 0.5) is 0 Å². The SMILES string of the molecule is CCOC(=O)c1nn(CCCOCc2ccccc2)c2ccccc12. The van der Waals surface area contributed by atoms with Crippen LogP contribution in [-0.4, -0.2) is 29.0 Å². The summed E-state index contributed by atoms with van der Waals surface area (Å²) in [6.07, 6.45) is 0.820. The molecule has 0 radical (unpaired) electrons. The Morgan fingerprint density at radius 3 is 2.64 bits per heavy atom. The zero-order valence-corrected chi connectivity index (χ0v) is 14.4. The monoisotopic (exact) mass is 338 g/mol. The van der Waals surface area contributed by atoms with Crippen molar-refractivity contribution in [2.24, 2.45) is 0 Å². The first kappa shape index (κ1) is 17.2. The molecule has 0 N–H and O–H groups in total. The van der Waals surface area contributed by atoms with Crippen molar-refractivity contribution in [2.75, 3.05) is 13.2 Å². The number of carbonyl (C=O) groups is 1.